The number of hydrogen-bond acceptors (Lipinski definition) is 2. The summed E-state index contributed by atoms with van der Waals surface area (Å²) in [6, 6.07) is 0. The van der Waals surface area contributed by atoms with Crippen LogP contribution in [0.5, 0.6) is 0 Å². The van der Waals surface area contributed by atoms with Crippen LogP contribution in [0.1, 0.15) is 52.4 Å². The molecule has 0 unspecified atom stereocenters. The van der Waals surface area contributed by atoms with Crippen molar-refractivity contribution in [2.45, 2.75) is 52.4 Å². The van der Waals surface area contributed by atoms with Gasteiger partial charge in [-0.1, -0.05) is 67.2 Å². The molecule has 0 aromatic heterocycles. The number of carbonyl (C=O) groups is 1. The summed E-state index contributed by atoms with van der Waals surface area (Å²) in [4.78, 5) is 11.2. The zero-order valence-corrected chi connectivity index (χ0v) is 15.0. The molecule has 0 fully saturated rings. The first-order valence-electron chi connectivity index (χ1n) is 9.17. The van der Waals surface area contributed by atoms with Crippen LogP contribution in [0.25, 0.3) is 0 Å². The molecule has 0 amide bonds. The normalized spacial score (nSPS) is 20.1. The van der Waals surface area contributed by atoms with Gasteiger partial charge in [0.25, 0.3) is 0 Å². The van der Waals surface area contributed by atoms with Crippen LogP contribution in [0.3, 0.4) is 0 Å². The standard InChI is InChI=1S/C22H30O2/c1-3-24-20(23)12-8-5-4-6-9-13-21(2)16-18-22(19-17-21)14-10-7-11-15-22/h9-11,13-19H,3-8,12H2,1-2H3/b13-9-. The van der Waals surface area contributed by atoms with E-state index in [1.807, 2.05) is 6.92 Å². The molecule has 2 nitrogen and oxygen atoms in total. The zero-order valence-electron chi connectivity index (χ0n) is 15.0. The minimum atomic E-state index is -0.0715. The molecule has 1 spiro atoms. The minimum absolute atomic E-state index is 0.00129. The van der Waals surface area contributed by atoms with Crippen LogP contribution >= 0.6 is 0 Å². The zero-order chi connectivity index (χ0) is 17.3. The molecule has 0 N–H and O–H groups in total. The molecule has 0 atom stereocenters. The number of hydrogen-bond donors (Lipinski definition) is 0. The highest BCUT2D eigenvalue weighted by atomic mass is 16.5. The fourth-order valence-corrected chi connectivity index (χ4v) is 3.05. The SMILES string of the molecule is CCOC(=O)CCCCC/C=C\C1(C)C=CC2(C=CCC=C2)C=C1. The lowest BCUT2D eigenvalue weighted by atomic mass is 9.74. The monoisotopic (exact) mass is 326 g/mol. The fraction of sp³-hybridized carbons (Fsp3) is 0.500. The van der Waals surface area contributed by atoms with E-state index < -0.39 is 0 Å². The van der Waals surface area contributed by atoms with E-state index in [4.69, 9.17) is 4.74 Å². The van der Waals surface area contributed by atoms with Crippen LogP contribution < -0.4 is 0 Å². The Morgan fingerprint density at radius 2 is 1.75 bits per heavy atom. The van der Waals surface area contributed by atoms with Crippen LogP contribution in [0.15, 0.2) is 60.8 Å². The lowest BCUT2D eigenvalue weighted by Gasteiger charge is -2.30. The van der Waals surface area contributed by atoms with Crippen LogP contribution in [0, 0.1) is 10.8 Å². The molecule has 0 saturated heterocycles. The van der Waals surface area contributed by atoms with Crippen LogP contribution in [-0.4, -0.2) is 12.6 Å². The Bertz CT molecular complexity index is 533. The smallest absolute Gasteiger partial charge is 0.305 e. The fourth-order valence-electron chi connectivity index (χ4n) is 3.05. The summed E-state index contributed by atoms with van der Waals surface area (Å²) in [5.74, 6) is -0.0715. The van der Waals surface area contributed by atoms with Crippen molar-refractivity contribution in [3.8, 4) is 0 Å². The number of carbonyl (C=O) groups excluding carboxylic acids is 1. The predicted octanol–water partition coefficient (Wildman–Crippen LogP) is 5.69. The van der Waals surface area contributed by atoms with E-state index in [1.165, 1.54) is 0 Å². The largest absolute Gasteiger partial charge is 0.466 e. The average Bonchev–Trinajstić information content (AvgIpc) is 2.58. The van der Waals surface area contributed by atoms with E-state index in [9.17, 15) is 4.79 Å². The van der Waals surface area contributed by atoms with E-state index in [-0.39, 0.29) is 16.8 Å². The molecule has 2 heteroatoms. The van der Waals surface area contributed by atoms with Crippen LogP contribution in [0.4, 0.5) is 0 Å². The lowest BCUT2D eigenvalue weighted by molar-refractivity contribution is -0.143. The molecule has 0 aromatic rings. The molecule has 0 saturated carbocycles. The molecule has 0 aromatic carbocycles. The summed E-state index contributed by atoms with van der Waals surface area (Å²) in [6.07, 6.45) is 28.5. The Morgan fingerprint density at radius 1 is 1.04 bits per heavy atom. The molecule has 0 heterocycles. The third-order valence-corrected chi connectivity index (χ3v) is 4.58. The lowest BCUT2D eigenvalue weighted by Crippen LogP contribution is -2.18. The van der Waals surface area contributed by atoms with Gasteiger partial charge in [-0.3, -0.25) is 4.79 Å². The van der Waals surface area contributed by atoms with Crippen LogP contribution in [-0.2, 0) is 9.53 Å². The maximum absolute atomic E-state index is 11.2. The first-order chi connectivity index (χ1) is 11.6. The number of rotatable bonds is 8. The Kier molecular flexibility index (Phi) is 6.84. The molecule has 0 aliphatic heterocycles. The predicted molar refractivity (Wildman–Crippen MR) is 101 cm³/mol. The van der Waals surface area contributed by atoms with Crippen molar-refractivity contribution in [3.05, 3.63) is 60.8 Å². The molecular weight excluding hydrogens is 296 g/mol. The Hall–Kier alpha value is -1.83. The Labute approximate surface area is 146 Å². The van der Waals surface area contributed by atoms with Crippen molar-refractivity contribution in [1.82, 2.24) is 0 Å². The highest BCUT2D eigenvalue weighted by Gasteiger charge is 2.26. The van der Waals surface area contributed by atoms with E-state index in [1.54, 1.807) is 0 Å². The van der Waals surface area contributed by atoms with Crippen molar-refractivity contribution in [1.29, 1.82) is 0 Å². The molecular formula is C22H30O2. The van der Waals surface area contributed by atoms with Gasteiger partial charge in [0.1, 0.15) is 0 Å². The van der Waals surface area contributed by atoms with Crippen molar-refractivity contribution < 1.29 is 9.53 Å². The summed E-state index contributed by atoms with van der Waals surface area (Å²) >= 11 is 0. The third-order valence-electron chi connectivity index (χ3n) is 4.58. The molecule has 0 radical (unpaired) electrons. The number of esters is 1. The minimum Gasteiger partial charge on any atom is -0.466 e. The summed E-state index contributed by atoms with van der Waals surface area (Å²) in [5, 5.41) is 0. The van der Waals surface area contributed by atoms with Gasteiger partial charge < -0.3 is 4.74 Å². The van der Waals surface area contributed by atoms with E-state index in [2.05, 4.69) is 67.7 Å². The van der Waals surface area contributed by atoms with Crippen molar-refractivity contribution in [2.24, 2.45) is 10.8 Å². The van der Waals surface area contributed by atoms with Gasteiger partial charge in [-0.05, 0) is 39.5 Å². The highest BCUT2D eigenvalue weighted by Crippen LogP contribution is 2.38. The van der Waals surface area contributed by atoms with Crippen molar-refractivity contribution in [2.75, 3.05) is 6.61 Å². The topological polar surface area (TPSA) is 26.3 Å². The van der Waals surface area contributed by atoms with Gasteiger partial charge in [-0.25, -0.2) is 0 Å². The number of unbranched alkanes of at least 4 members (excludes halogenated alkanes) is 3. The Morgan fingerprint density at radius 3 is 2.42 bits per heavy atom. The van der Waals surface area contributed by atoms with Gasteiger partial charge in [0.05, 0.1) is 6.61 Å². The van der Waals surface area contributed by atoms with Gasteiger partial charge in [0.2, 0.25) is 0 Å². The number of ether oxygens (including phenoxy) is 1. The van der Waals surface area contributed by atoms with Crippen LogP contribution in [0.2, 0.25) is 0 Å². The second-order valence-electron chi connectivity index (χ2n) is 6.88. The van der Waals surface area contributed by atoms with Crippen molar-refractivity contribution >= 4 is 5.97 Å². The average molecular weight is 326 g/mol. The molecule has 2 aliphatic rings. The highest BCUT2D eigenvalue weighted by molar-refractivity contribution is 5.69. The summed E-state index contributed by atoms with van der Waals surface area (Å²) < 4.78 is 4.93. The molecule has 2 aliphatic carbocycles. The molecule has 130 valence electrons. The second kappa shape index (κ2) is 8.86. The van der Waals surface area contributed by atoms with Gasteiger partial charge in [-0.2, -0.15) is 0 Å². The molecule has 2 rings (SSSR count). The summed E-state index contributed by atoms with van der Waals surface area (Å²) in [5.41, 5.74) is 0.00794. The summed E-state index contributed by atoms with van der Waals surface area (Å²) in [7, 11) is 0. The van der Waals surface area contributed by atoms with Gasteiger partial charge in [0, 0.05) is 17.3 Å². The maximum Gasteiger partial charge on any atom is 0.305 e. The molecule has 24 heavy (non-hydrogen) atoms. The van der Waals surface area contributed by atoms with Gasteiger partial charge in [0.15, 0.2) is 0 Å². The van der Waals surface area contributed by atoms with Crippen molar-refractivity contribution in [3.63, 3.8) is 0 Å². The first-order valence-corrected chi connectivity index (χ1v) is 9.17. The van der Waals surface area contributed by atoms with E-state index in [0.717, 1.165) is 32.1 Å². The Balaban J connectivity index is 1.69. The maximum atomic E-state index is 11.2. The quantitative estimate of drug-likeness (QED) is 0.325. The van der Waals surface area contributed by atoms with E-state index in [0.29, 0.717) is 13.0 Å². The summed E-state index contributed by atoms with van der Waals surface area (Å²) in [6.45, 7) is 4.56. The molecule has 0 bridgehead atoms. The number of allylic oxidation sites excluding steroid dienone is 10. The van der Waals surface area contributed by atoms with E-state index >= 15 is 0 Å². The third kappa shape index (κ3) is 5.67. The first kappa shape index (κ1) is 18.5. The second-order valence-corrected chi connectivity index (χ2v) is 6.88. The van der Waals surface area contributed by atoms with Gasteiger partial charge in [-0.15, -0.1) is 0 Å². The van der Waals surface area contributed by atoms with Gasteiger partial charge >= 0.3 is 5.97 Å².